The summed E-state index contributed by atoms with van der Waals surface area (Å²) in [5, 5.41) is 0. The zero-order valence-electron chi connectivity index (χ0n) is 19.8. The molecule has 164 valence electrons. The number of aryl methyl sites for hydroxylation is 2. The van der Waals surface area contributed by atoms with Gasteiger partial charge in [-0.1, -0.05) is 35.4 Å². The van der Waals surface area contributed by atoms with Crippen molar-refractivity contribution in [3.63, 3.8) is 0 Å². The SMILES string of the molecule is Cc1cccc([C](=[Zr+2])c2cccc(C)c2)c1.[c-]1cccc2c1Cc1ccccc1-2.c1cc[cH-]c1. The number of hydrogen-bond donors (Lipinski definition) is 0. The average molecular weight is 516 g/mol. The average Bonchev–Trinajstić information content (AvgIpc) is 3.56. The summed E-state index contributed by atoms with van der Waals surface area (Å²) in [5.41, 5.74) is 10.9. The Hall–Kier alpha value is -3.02. The van der Waals surface area contributed by atoms with Crippen LogP contribution in [0.5, 0.6) is 0 Å². The zero-order chi connectivity index (χ0) is 23.8. The van der Waals surface area contributed by atoms with Gasteiger partial charge in [0.1, 0.15) is 0 Å². The van der Waals surface area contributed by atoms with Gasteiger partial charge in [-0.2, -0.15) is 48.0 Å². The Morgan fingerprint density at radius 1 is 0.706 bits per heavy atom. The molecule has 1 heteroatoms. The fourth-order valence-corrected chi connectivity index (χ4v) is 4.85. The molecule has 0 amide bonds. The van der Waals surface area contributed by atoms with Gasteiger partial charge in [0.05, 0.1) is 0 Å². The zero-order valence-corrected chi connectivity index (χ0v) is 22.2. The van der Waals surface area contributed by atoms with E-state index in [4.69, 9.17) is 0 Å². The normalized spacial score (nSPS) is 10.7. The van der Waals surface area contributed by atoms with Crippen molar-refractivity contribution in [2.75, 3.05) is 0 Å². The molecule has 0 aromatic heterocycles. The second-order valence-corrected chi connectivity index (χ2v) is 9.70. The molecule has 0 saturated carbocycles. The topological polar surface area (TPSA) is 0 Å². The van der Waals surface area contributed by atoms with Gasteiger partial charge in [-0.25, -0.2) is 12.1 Å². The first-order valence-corrected chi connectivity index (χ1v) is 12.8. The molecular formula is C33H28Zr. The van der Waals surface area contributed by atoms with Gasteiger partial charge in [0.2, 0.25) is 0 Å². The maximum absolute atomic E-state index is 3.30. The number of fused-ring (bicyclic) bond motifs is 3. The summed E-state index contributed by atoms with van der Waals surface area (Å²) in [6.07, 6.45) is 1.05. The summed E-state index contributed by atoms with van der Waals surface area (Å²) < 4.78 is 1.43. The molecule has 0 heterocycles. The van der Waals surface area contributed by atoms with Crippen molar-refractivity contribution in [1.82, 2.24) is 0 Å². The Balaban J connectivity index is 0.000000136. The molecular weight excluding hydrogens is 488 g/mol. The largest absolute Gasteiger partial charge is 0.214 e. The quantitative estimate of drug-likeness (QED) is 0.206. The van der Waals surface area contributed by atoms with Crippen molar-refractivity contribution in [3.8, 4) is 11.1 Å². The van der Waals surface area contributed by atoms with Crippen LogP contribution in [0, 0.1) is 19.9 Å². The molecule has 34 heavy (non-hydrogen) atoms. The van der Waals surface area contributed by atoms with E-state index in [0.717, 1.165) is 6.42 Å². The second kappa shape index (κ2) is 11.9. The summed E-state index contributed by atoms with van der Waals surface area (Å²) in [5.74, 6) is 0. The van der Waals surface area contributed by atoms with E-state index in [0.29, 0.717) is 0 Å². The molecule has 0 N–H and O–H groups in total. The molecule has 6 rings (SSSR count). The molecule has 1 aliphatic rings. The van der Waals surface area contributed by atoms with Crippen LogP contribution in [0.2, 0.25) is 0 Å². The van der Waals surface area contributed by atoms with Crippen molar-refractivity contribution in [2.45, 2.75) is 20.3 Å². The monoisotopic (exact) mass is 514 g/mol. The minimum absolute atomic E-state index is 1.05. The van der Waals surface area contributed by atoms with Crippen molar-refractivity contribution in [1.29, 1.82) is 0 Å². The van der Waals surface area contributed by atoms with E-state index >= 15 is 0 Å². The van der Waals surface area contributed by atoms with Crippen LogP contribution < -0.4 is 0 Å². The third-order valence-electron chi connectivity index (χ3n) is 5.79. The second-order valence-electron chi connectivity index (χ2n) is 8.47. The maximum atomic E-state index is 3.30. The molecule has 1 aliphatic carbocycles. The Bertz CT molecular complexity index is 1250. The van der Waals surface area contributed by atoms with E-state index < -0.39 is 0 Å². The van der Waals surface area contributed by atoms with E-state index in [1.807, 2.05) is 36.4 Å². The third-order valence-corrected chi connectivity index (χ3v) is 7.20. The van der Waals surface area contributed by atoms with Crippen LogP contribution in [0.4, 0.5) is 0 Å². The van der Waals surface area contributed by atoms with Crippen LogP contribution in [-0.4, -0.2) is 3.21 Å². The van der Waals surface area contributed by atoms with E-state index in [1.54, 1.807) is 0 Å². The first kappa shape index (κ1) is 24.1. The van der Waals surface area contributed by atoms with Crippen LogP contribution in [0.15, 0.2) is 121 Å². The van der Waals surface area contributed by atoms with Crippen molar-refractivity contribution in [2.24, 2.45) is 0 Å². The first-order chi connectivity index (χ1) is 16.6. The minimum atomic E-state index is 1.05. The van der Waals surface area contributed by atoms with Crippen molar-refractivity contribution < 1.29 is 24.2 Å². The van der Waals surface area contributed by atoms with E-state index in [2.05, 4.69) is 105 Å². The maximum Gasteiger partial charge on any atom is -0.0253 e. The fraction of sp³-hybridized carbons (Fsp3) is 0.0909. The van der Waals surface area contributed by atoms with Gasteiger partial charge < -0.3 is 0 Å². The summed E-state index contributed by atoms with van der Waals surface area (Å²) in [7, 11) is 0. The molecule has 0 spiro atoms. The molecule has 5 aromatic carbocycles. The first-order valence-electron chi connectivity index (χ1n) is 11.6. The van der Waals surface area contributed by atoms with Gasteiger partial charge in [0.15, 0.2) is 0 Å². The summed E-state index contributed by atoms with van der Waals surface area (Å²) in [4.78, 5) is 0. The van der Waals surface area contributed by atoms with E-state index in [9.17, 15) is 0 Å². The molecule has 0 atom stereocenters. The van der Waals surface area contributed by atoms with Gasteiger partial charge in [-0.05, 0) is 6.42 Å². The van der Waals surface area contributed by atoms with Crippen LogP contribution in [0.25, 0.3) is 11.1 Å². The van der Waals surface area contributed by atoms with Gasteiger partial charge in [0.25, 0.3) is 0 Å². The van der Waals surface area contributed by atoms with Crippen LogP contribution in [0.3, 0.4) is 0 Å². The summed E-state index contributed by atoms with van der Waals surface area (Å²) >= 11 is 1.47. The Morgan fingerprint density at radius 3 is 1.91 bits per heavy atom. The number of hydrogen-bond acceptors (Lipinski definition) is 0. The predicted molar refractivity (Wildman–Crippen MR) is 141 cm³/mol. The molecule has 0 radical (unpaired) electrons. The van der Waals surface area contributed by atoms with E-state index in [-0.39, 0.29) is 0 Å². The Kier molecular flexibility index (Phi) is 8.45. The fourth-order valence-electron chi connectivity index (χ4n) is 4.09. The van der Waals surface area contributed by atoms with Crippen LogP contribution in [0.1, 0.15) is 33.4 Å². The van der Waals surface area contributed by atoms with Gasteiger partial charge in [-0.3, -0.25) is 0 Å². The minimum Gasteiger partial charge on any atom is -0.214 e. The standard InChI is InChI=1S/C15H14.C13H9.C5H5.Zr/c1-12-5-3-7-14(9-12)11-15-8-4-6-13(2)10-15;1-3-7-12-10(5-1)9-11-6-2-4-8-13(11)12;1-2-4-5-3-1;/h3-10H,1-2H3;1-5,7-8H,9H2;1-5H;/q;2*-1;+2. The van der Waals surface area contributed by atoms with Crippen molar-refractivity contribution >= 4 is 3.21 Å². The van der Waals surface area contributed by atoms with Crippen LogP contribution in [-0.2, 0) is 30.7 Å². The van der Waals surface area contributed by atoms with Crippen molar-refractivity contribution in [3.05, 3.63) is 161 Å². The summed E-state index contributed by atoms with van der Waals surface area (Å²) in [6, 6.07) is 45.6. The number of benzene rings is 4. The molecule has 0 aliphatic heterocycles. The molecule has 0 bridgehead atoms. The molecule has 0 saturated heterocycles. The predicted octanol–water partition coefficient (Wildman–Crippen LogP) is 7.88. The smallest absolute Gasteiger partial charge is 0.0253 e. The van der Waals surface area contributed by atoms with Gasteiger partial charge in [-0.15, -0.1) is 5.56 Å². The molecule has 0 nitrogen and oxygen atoms in total. The Morgan fingerprint density at radius 2 is 1.32 bits per heavy atom. The number of rotatable bonds is 2. The third kappa shape index (κ3) is 6.31. The van der Waals surface area contributed by atoms with Crippen LogP contribution >= 0.6 is 0 Å². The van der Waals surface area contributed by atoms with Gasteiger partial charge in [0, 0.05) is 0 Å². The summed E-state index contributed by atoms with van der Waals surface area (Å²) in [6.45, 7) is 4.28. The van der Waals surface area contributed by atoms with E-state index in [1.165, 1.54) is 71.9 Å². The molecule has 0 fully saturated rings. The Labute approximate surface area is 218 Å². The van der Waals surface area contributed by atoms with Gasteiger partial charge >= 0.3 is 112 Å². The molecule has 5 aromatic rings. The molecule has 0 unspecified atom stereocenters.